The number of aryl methyl sites for hydroxylation is 1. The third kappa shape index (κ3) is 4.51. The van der Waals surface area contributed by atoms with Gasteiger partial charge in [0.15, 0.2) is 11.6 Å². The van der Waals surface area contributed by atoms with Crippen molar-refractivity contribution in [3.63, 3.8) is 0 Å². The van der Waals surface area contributed by atoms with Gasteiger partial charge in [0.2, 0.25) is 0 Å². The molecule has 0 aliphatic rings. The molecule has 0 radical (unpaired) electrons. The highest BCUT2D eigenvalue weighted by Crippen LogP contribution is 2.35. The second-order valence-electron chi connectivity index (χ2n) is 7.56. The number of carbonyl (C=O) groups is 1. The average Bonchev–Trinajstić information content (AvgIpc) is 2.28. The smallest absolute Gasteiger partial charge is 0.317 e. The summed E-state index contributed by atoms with van der Waals surface area (Å²) in [4.78, 5) is 12.4. The highest BCUT2D eigenvalue weighted by Gasteiger charge is 2.35. The van der Waals surface area contributed by atoms with Gasteiger partial charge in [-0.3, -0.25) is 4.79 Å². The van der Waals surface area contributed by atoms with Crippen LogP contribution in [-0.4, -0.2) is 5.97 Å². The molecule has 1 aromatic carbocycles. The maximum atomic E-state index is 14.2. The van der Waals surface area contributed by atoms with Crippen LogP contribution in [0.25, 0.3) is 0 Å². The van der Waals surface area contributed by atoms with Crippen LogP contribution in [0.3, 0.4) is 0 Å². The van der Waals surface area contributed by atoms with Gasteiger partial charge in [-0.15, -0.1) is 9.24 Å². The SMILES string of the molecule is Cc1cc(P)c(F)c(OC(=O)C(C)(C)CC(C)(C)C)c1C. The molecule has 1 rings (SSSR count). The molecule has 118 valence electrons. The lowest BCUT2D eigenvalue weighted by atomic mass is 9.76. The summed E-state index contributed by atoms with van der Waals surface area (Å²) < 4.78 is 19.7. The Balaban J connectivity index is 3.10. The van der Waals surface area contributed by atoms with E-state index in [0.717, 1.165) is 5.56 Å². The summed E-state index contributed by atoms with van der Waals surface area (Å²) in [5.41, 5.74) is 0.896. The lowest BCUT2D eigenvalue weighted by Gasteiger charge is -2.30. The zero-order valence-electron chi connectivity index (χ0n) is 14.1. The number of ether oxygens (including phenoxy) is 1. The first-order valence-electron chi connectivity index (χ1n) is 7.12. The standard InChI is InChI=1S/C17H26FO2P/c1-10-8-12(21)13(18)14(11(10)2)20-15(19)17(6,7)9-16(3,4)5/h8H,9,21H2,1-7H3. The van der Waals surface area contributed by atoms with Crippen molar-refractivity contribution in [2.45, 2.75) is 54.9 Å². The van der Waals surface area contributed by atoms with E-state index in [4.69, 9.17) is 4.74 Å². The van der Waals surface area contributed by atoms with Crippen LogP contribution >= 0.6 is 9.24 Å². The van der Waals surface area contributed by atoms with Gasteiger partial charge in [-0.1, -0.05) is 20.8 Å². The van der Waals surface area contributed by atoms with Crippen LogP contribution in [0.15, 0.2) is 6.07 Å². The summed E-state index contributed by atoms with van der Waals surface area (Å²) >= 11 is 0. The van der Waals surface area contributed by atoms with E-state index < -0.39 is 17.2 Å². The molecular formula is C17H26FO2P. The van der Waals surface area contributed by atoms with Crippen molar-refractivity contribution in [1.29, 1.82) is 0 Å². The Morgan fingerprint density at radius 1 is 1.24 bits per heavy atom. The zero-order chi connectivity index (χ0) is 16.6. The summed E-state index contributed by atoms with van der Waals surface area (Å²) in [6.45, 7) is 13.5. The van der Waals surface area contributed by atoms with Crippen LogP contribution in [-0.2, 0) is 4.79 Å². The molecule has 0 heterocycles. The predicted molar refractivity (Wildman–Crippen MR) is 88.7 cm³/mol. The maximum Gasteiger partial charge on any atom is 0.317 e. The van der Waals surface area contributed by atoms with Crippen molar-refractivity contribution in [2.75, 3.05) is 0 Å². The van der Waals surface area contributed by atoms with Gasteiger partial charge in [-0.2, -0.15) is 0 Å². The predicted octanol–water partition coefficient (Wildman–Crippen LogP) is 4.31. The molecule has 0 spiro atoms. The van der Waals surface area contributed by atoms with Crippen molar-refractivity contribution in [3.05, 3.63) is 23.0 Å². The summed E-state index contributed by atoms with van der Waals surface area (Å²) in [6.07, 6.45) is 0.666. The molecule has 0 aliphatic heterocycles. The van der Waals surface area contributed by atoms with Crippen molar-refractivity contribution in [3.8, 4) is 5.75 Å². The third-order valence-corrected chi connectivity index (χ3v) is 3.90. The molecule has 0 fully saturated rings. The minimum atomic E-state index is -0.665. The van der Waals surface area contributed by atoms with Crippen LogP contribution < -0.4 is 10.0 Å². The molecule has 0 amide bonds. The van der Waals surface area contributed by atoms with Gasteiger partial charge in [0.1, 0.15) is 0 Å². The zero-order valence-corrected chi connectivity index (χ0v) is 15.2. The van der Waals surface area contributed by atoms with Gasteiger partial charge in [0, 0.05) is 5.30 Å². The molecule has 0 saturated heterocycles. The summed E-state index contributed by atoms with van der Waals surface area (Å²) in [5.74, 6) is -0.829. The van der Waals surface area contributed by atoms with Crippen LogP contribution in [0.2, 0.25) is 0 Å². The van der Waals surface area contributed by atoms with Crippen molar-refractivity contribution >= 4 is 20.5 Å². The quantitative estimate of drug-likeness (QED) is 0.472. The van der Waals surface area contributed by atoms with Gasteiger partial charge in [0.25, 0.3) is 0 Å². The van der Waals surface area contributed by atoms with Crippen LogP contribution in [0.1, 0.15) is 52.2 Å². The molecule has 21 heavy (non-hydrogen) atoms. The van der Waals surface area contributed by atoms with Gasteiger partial charge < -0.3 is 4.74 Å². The van der Waals surface area contributed by atoms with E-state index in [-0.39, 0.29) is 11.2 Å². The fraction of sp³-hybridized carbons (Fsp3) is 0.588. The Hall–Kier alpha value is -0.950. The molecule has 1 aromatic rings. The molecule has 4 heteroatoms. The van der Waals surface area contributed by atoms with Crippen LogP contribution in [0.4, 0.5) is 4.39 Å². The summed E-state index contributed by atoms with van der Waals surface area (Å²) in [5, 5.41) is 0.412. The lowest BCUT2D eigenvalue weighted by molar-refractivity contribution is -0.145. The van der Waals surface area contributed by atoms with E-state index in [1.165, 1.54) is 0 Å². The molecule has 0 N–H and O–H groups in total. The van der Waals surface area contributed by atoms with Crippen molar-refractivity contribution in [1.82, 2.24) is 0 Å². The van der Waals surface area contributed by atoms with Crippen molar-refractivity contribution < 1.29 is 13.9 Å². The Bertz CT molecular complexity index is 531. The Kier molecular flexibility index (Phi) is 5.21. The van der Waals surface area contributed by atoms with E-state index in [9.17, 15) is 9.18 Å². The van der Waals surface area contributed by atoms with Crippen LogP contribution in [0, 0.1) is 30.5 Å². The number of esters is 1. The fourth-order valence-corrected chi connectivity index (χ4v) is 3.01. The van der Waals surface area contributed by atoms with Gasteiger partial charge >= 0.3 is 5.97 Å². The Morgan fingerprint density at radius 3 is 2.24 bits per heavy atom. The van der Waals surface area contributed by atoms with E-state index in [1.807, 2.05) is 20.8 Å². The molecule has 0 bridgehead atoms. The van der Waals surface area contributed by atoms with Gasteiger partial charge in [0.05, 0.1) is 5.41 Å². The van der Waals surface area contributed by atoms with Crippen LogP contribution in [0.5, 0.6) is 5.75 Å². The van der Waals surface area contributed by atoms with E-state index >= 15 is 0 Å². The molecule has 2 nitrogen and oxygen atoms in total. The minimum absolute atomic E-state index is 0.00547. The largest absolute Gasteiger partial charge is 0.423 e. The third-order valence-electron chi connectivity index (χ3n) is 3.48. The summed E-state index contributed by atoms with van der Waals surface area (Å²) in [7, 11) is 2.34. The Labute approximate surface area is 129 Å². The monoisotopic (exact) mass is 312 g/mol. The Morgan fingerprint density at radius 2 is 1.76 bits per heavy atom. The fourth-order valence-electron chi connectivity index (χ4n) is 2.63. The first-order chi connectivity index (χ1) is 9.35. The molecule has 0 aliphatic carbocycles. The topological polar surface area (TPSA) is 26.3 Å². The molecule has 0 aromatic heterocycles. The number of hydrogen-bond acceptors (Lipinski definition) is 2. The lowest BCUT2D eigenvalue weighted by Crippen LogP contribution is -2.33. The number of hydrogen-bond donors (Lipinski definition) is 0. The second kappa shape index (κ2) is 6.04. The summed E-state index contributed by atoms with van der Waals surface area (Å²) in [6, 6.07) is 1.73. The number of benzene rings is 1. The number of carbonyl (C=O) groups excluding carboxylic acids is 1. The normalized spacial score (nSPS) is 12.4. The highest BCUT2D eigenvalue weighted by molar-refractivity contribution is 7.27. The second-order valence-corrected chi connectivity index (χ2v) is 8.18. The number of halogens is 1. The van der Waals surface area contributed by atoms with E-state index in [2.05, 4.69) is 30.0 Å². The first-order valence-corrected chi connectivity index (χ1v) is 7.70. The van der Waals surface area contributed by atoms with E-state index in [1.54, 1.807) is 13.0 Å². The molecule has 1 atom stereocenters. The van der Waals surface area contributed by atoms with Gasteiger partial charge in [-0.25, -0.2) is 4.39 Å². The molecular weight excluding hydrogens is 286 g/mol. The minimum Gasteiger partial charge on any atom is -0.423 e. The molecule has 1 unspecified atom stereocenters. The number of rotatable bonds is 3. The van der Waals surface area contributed by atoms with E-state index in [0.29, 0.717) is 17.3 Å². The van der Waals surface area contributed by atoms with Gasteiger partial charge in [-0.05, 0) is 56.7 Å². The first kappa shape index (κ1) is 18.1. The maximum absolute atomic E-state index is 14.2. The van der Waals surface area contributed by atoms with Crippen molar-refractivity contribution in [2.24, 2.45) is 10.8 Å². The highest BCUT2D eigenvalue weighted by atomic mass is 31.0. The molecule has 0 saturated carbocycles. The average molecular weight is 312 g/mol.